The summed E-state index contributed by atoms with van der Waals surface area (Å²) in [4.78, 5) is 28.5. The second-order valence-corrected chi connectivity index (χ2v) is 6.18. The van der Waals surface area contributed by atoms with Crippen molar-refractivity contribution in [1.82, 2.24) is 14.8 Å². The molecule has 0 atom stereocenters. The standard InChI is InChI=1S/C19H18ClN3O4/c1-3-27-19(25)9-18(24)14-10-22-23(17(14)11-26-2)16-6-7-21-15-8-12(20)4-5-13(15)16/h4-8,10H,3,9,11H2,1-2H3. The van der Waals surface area contributed by atoms with E-state index in [4.69, 9.17) is 21.1 Å². The van der Waals surface area contributed by atoms with Crippen molar-refractivity contribution in [1.29, 1.82) is 0 Å². The van der Waals surface area contributed by atoms with Crippen LogP contribution in [0, 0.1) is 0 Å². The van der Waals surface area contributed by atoms with E-state index in [-0.39, 0.29) is 25.4 Å². The van der Waals surface area contributed by atoms with Crippen LogP contribution in [0.5, 0.6) is 0 Å². The normalized spacial score (nSPS) is 10.9. The molecule has 140 valence electrons. The molecule has 0 bridgehead atoms. The van der Waals surface area contributed by atoms with E-state index >= 15 is 0 Å². The van der Waals surface area contributed by atoms with Gasteiger partial charge in [-0.2, -0.15) is 5.10 Å². The van der Waals surface area contributed by atoms with Gasteiger partial charge in [-0.3, -0.25) is 14.6 Å². The van der Waals surface area contributed by atoms with Gasteiger partial charge in [0.2, 0.25) is 0 Å². The zero-order chi connectivity index (χ0) is 19.4. The molecule has 0 unspecified atom stereocenters. The minimum absolute atomic E-state index is 0.154. The number of aromatic nitrogens is 3. The average molecular weight is 388 g/mol. The first kappa shape index (κ1) is 19.0. The largest absolute Gasteiger partial charge is 0.466 e. The summed E-state index contributed by atoms with van der Waals surface area (Å²) < 4.78 is 11.7. The first-order valence-electron chi connectivity index (χ1n) is 8.34. The van der Waals surface area contributed by atoms with Gasteiger partial charge in [-0.15, -0.1) is 0 Å². The minimum Gasteiger partial charge on any atom is -0.466 e. The fourth-order valence-corrected chi connectivity index (χ4v) is 2.99. The van der Waals surface area contributed by atoms with Crippen LogP contribution in [0.2, 0.25) is 5.02 Å². The second-order valence-electron chi connectivity index (χ2n) is 5.75. The Morgan fingerprint density at radius 3 is 2.81 bits per heavy atom. The van der Waals surface area contributed by atoms with Gasteiger partial charge in [-0.05, 0) is 31.2 Å². The predicted octanol–water partition coefficient (Wildman–Crippen LogP) is 3.36. The van der Waals surface area contributed by atoms with Gasteiger partial charge < -0.3 is 9.47 Å². The summed E-state index contributed by atoms with van der Waals surface area (Å²) in [5.41, 5.74) is 2.32. The molecule has 0 saturated heterocycles. The van der Waals surface area contributed by atoms with E-state index in [2.05, 4.69) is 10.1 Å². The van der Waals surface area contributed by atoms with Crippen LogP contribution in [0.25, 0.3) is 16.6 Å². The molecule has 3 rings (SSSR count). The summed E-state index contributed by atoms with van der Waals surface area (Å²) in [6, 6.07) is 7.16. The third-order valence-corrected chi connectivity index (χ3v) is 4.21. The molecular formula is C19H18ClN3O4. The first-order valence-corrected chi connectivity index (χ1v) is 8.72. The maximum Gasteiger partial charge on any atom is 0.313 e. The number of methoxy groups -OCH3 is 1. The Balaban J connectivity index is 2.06. The fraction of sp³-hybridized carbons (Fsp3) is 0.263. The van der Waals surface area contributed by atoms with E-state index in [0.717, 1.165) is 11.1 Å². The van der Waals surface area contributed by atoms with Gasteiger partial charge in [0.25, 0.3) is 0 Å². The average Bonchev–Trinajstić information content (AvgIpc) is 3.05. The van der Waals surface area contributed by atoms with Gasteiger partial charge in [0.15, 0.2) is 5.78 Å². The van der Waals surface area contributed by atoms with Gasteiger partial charge in [-0.25, -0.2) is 4.68 Å². The van der Waals surface area contributed by atoms with Gasteiger partial charge >= 0.3 is 5.97 Å². The molecule has 1 aromatic carbocycles. The molecule has 7 nitrogen and oxygen atoms in total. The highest BCUT2D eigenvalue weighted by molar-refractivity contribution is 6.31. The van der Waals surface area contributed by atoms with E-state index in [0.29, 0.717) is 21.8 Å². The third kappa shape index (κ3) is 3.99. The van der Waals surface area contributed by atoms with Crippen LogP contribution < -0.4 is 0 Å². The summed E-state index contributed by atoms with van der Waals surface area (Å²) in [6.45, 7) is 2.07. The van der Waals surface area contributed by atoms with E-state index in [1.165, 1.54) is 13.3 Å². The number of pyridine rings is 1. The Kier molecular flexibility index (Phi) is 5.83. The first-order chi connectivity index (χ1) is 13.0. The van der Waals surface area contributed by atoms with Crippen LogP contribution in [0.3, 0.4) is 0 Å². The van der Waals surface area contributed by atoms with Crippen molar-refractivity contribution in [3.05, 3.63) is 52.9 Å². The van der Waals surface area contributed by atoms with E-state index in [1.54, 1.807) is 36.0 Å². The summed E-state index contributed by atoms with van der Waals surface area (Å²) in [7, 11) is 1.53. The van der Waals surface area contributed by atoms with Crippen LogP contribution in [0.1, 0.15) is 29.4 Å². The summed E-state index contributed by atoms with van der Waals surface area (Å²) >= 11 is 6.05. The Morgan fingerprint density at radius 1 is 1.26 bits per heavy atom. The summed E-state index contributed by atoms with van der Waals surface area (Å²) in [6.07, 6.45) is 2.74. The van der Waals surface area contributed by atoms with Crippen molar-refractivity contribution >= 4 is 34.3 Å². The summed E-state index contributed by atoms with van der Waals surface area (Å²) in [5, 5.41) is 5.76. The lowest BCUT2D eigenvalue weighted by molar-refractivity contribution is -0.141. The number of carbonyl (C=O) groups excluding carboxylic acids is 2. The van der Waals surface area contributed by atoms with E-state index < -0.39 is 5.97 Å². The van der Waals surface area contributed by atoms with Crippen molar-refractivity contribution in [2.75, 3.05) is 13.7 Å². The maximum atomic E-state index is 12.5. The van der Waals surface area contributed by atoms with Crippen molar-refractivity contribution in [2.45, 2.75) is 20.0 Å². The molecule has 0 radical (unpaired) electrons. The Labute approximate surface area is 160 Å². The lowest BCUT2D eigenvalue weighted by atomic mass is 10.1. The number of Topliss-reactive ketones (excluding diaryl/α,β-unsaturated/α-hetero) is 1. The van der Waals surface area contributed by atoms with Gasteiger partial charge in [-0.1, -0.05) is 11.6 Å². The van der Waals surface area contributed by atoms with Crippen molar-refractivity contribution in [3.8, 4) is 5.69 Å². The van der Waals surface area contributed by atoms with Crippen molar-refractivity contribution in [2.24, 2.45) is 0 Å². The van der Waals surface area contributed by atoms with Gasteiger partial charge in [0.05, 0.1) is 41.9 Å². The van der Waals surface area contributed by atoms with Crippen molar-refractivity contribution in [3.63, 3.8) is 0 Å². The molecule has 0 amide bonds. The Bertz CT molecular complexity index is 1000. The molecule has 8 heteroatoms. The smallest absolute Gasteiger partial charge is 0.313 e. The predicted molar refractivity (Wildman–Crippen MR) is 100 cm³/mol. The molecule has 2 heterocycles. The molecule has 3 aromatic rings. The molecule has 2 aromatic heterocycles. The number of carbonyl (C=O) groups is 2. The van der Waals surface area contributed by atoms with Crippen LogP contribution in [0.15, 0.2) is 36.7 Å². The molecule has 0 aliphatic rings. The number of hydrogen-bond donors (Lipinski definition) is 0. The zero-order valence-electron chi connectivity index (χ0n) is 14.9. The summed E-state index contributed by atoms with van der Waals surface area (Å²) in [5.74, 6) is -0.934. The van der Waals surface area contributed by atoms with Gasteiger partial charge in [0, 0.05) is 23.7 Å². The number of hydrogen-bond acceptors (Lipinski definition) is 6. The number of esters is 1. The fourth-order valence-electron chi connectivity index (χ4n) is 2.82. The van der Waals surface area contributed by atoms with Crippen LogP contribution in [-0.2, 0) is 20.9 Å². The number of benzene rings is 1. The maximum absolute atomic E-state index is 12.5. The quantitative estimate of drug-likeness (QED) is 0.351. The highest BCUT2D eigenvalue weighted by Gasteiger charge is 2.22. The monoisotopic (exact) mass is 387 g/mol. The number of nitrogens with zero attached hydrogens (tertiary/aromatic N) is 3. The molecule has 0 aliphatic carbocycles. The highest BCUT2D eigenvalue weighted by atomic mass is 35.5. The zero-order valence-corrected chi connectivity index (χ0v) is 15.7. The minimum atomic E-state index is -0.567. The second kappa shape index (κ2) is 8.28. The Morgan fingerprint density at radius 2 is 2.07 bits per heavy atom. The van der Waals surface area contributed by atoms with Crippen LogP contribution in [-0.4, -0.2) is 40.2 Å². The lowest BCUT2D eigenvalue weighted by Gasteiger charge is -2.11. The highest BCUT2D eigenvalue weighted by Crippen LogP contribution is 2.26. The van der Waals surface area contributed by atoms with E-state index in [9.17, 15) is 9.59 Å². The SMILES string of the molecule is CCOC(=O)CC(=O)c1cnn(-c2ccnc3cc(Cl)ccc23)c1COC. The topological polar surface area (TPSA) is 83.3 Å². The molecule has 0 spiro atoms. The van der Waals surface area contributed by atoms with Crippen LogP contribution >= 0.6 is 11.6 Å². The molecule has 27 heavy (non-hydrogen) atoms. The van der Waals surface area contributed by atoms with Crippen LogP contribution in [0.4, 0.5) is 0 Å². The molecular weight excluding hydrogens is 370 g/mol. The van der Waals surface area contributed by atoms with E-state index in [1.807, 2.05) is 6.07 Å². The third-order valence-electron chi connectivity index (χ3n) is 3.97. The molecule has 0 saturated carbocycles. The number of halogens is 1. The number of ether oxygens (including phenoxy) is 2. The molecule has 0 fully saturated rings. The van der Waals surface area contributed by atoms with Crippen molar-refractivity contribution < 1.29 is 19.1 Å². The van der Waals surface area contributed by atoms with Gasteiger partial charge in [0.1, 0.15) is 6.42 Å². The molecule has 0 N–H and O–H groups in total. The number of rotatable bonds is 7. The lowest BCUT2D eigenvalue weighted by Crippen LogP contribution is -2.14. The Hall–Kier alpha value is -2.77. The molecule has 0 aliphatic heterocycles. The number of fused-ring (bicyclic) bond motifs is 1. The number of ketones is 1.